The van der Waals surface area contributed by atoms with E-state index in [2.05, 4.69) is 0 Å². The predicted octanol–water partition coefficient (Wildman–Crippen LogP) is 0.876. The smallest absolute Gasteiger partial charge is 0.243 e. The first kappa shape index (κ1) is 23.2. The molecule has 0 N–H and O–H groups in total. The minimum Gasteiger partial charge on any atom is -0.368 e. The predicted molar refractivity (Wildman–Crippen MR) is 115 cm³/mol. The maximum Gasteiger partial charge on any atom is 0.243 e. The molecule has 0 radical (unpaired) electrons. The molecule has 0 unspecified atom stereocenters. The Bertz CT molecular complexity index is 1350. The Balaban J connectivity index is 1.86. The van der Waals surface area contributed by atoms with Crippen molar-refractivity contribution in [3.63, 3.8) is 0 Å². The van der Waals surface area contributed by atoms with Gasteiger partial charge < -0.3 is 4.90 Å². The Morgan fingerprint density at radius 2 is 1.32 bits per heavy atom. The van der Waals surface area contributed by atoms with Gasteiger partial charge in [0.15, 0.2) is 19.7 Å². The molecule has 0 amide bonds. The number of hydrogen-bond acceptors (Lipinski definition) is 8. The molecule has 0 aliphatic carbocycles. The number of anilines is 1. The number of hydrogen-bond donors (Lipinski definition) is 0. The lowest BCUT2D eigenvalue weighted by Gasteiger charge is -2.36. The Hall–Kier alpha value is -2.46. The first-order valence-electron chi connectivity index (χ1n) is 9.13. The van der Waals surface area contributed by atoms with Crippen LogP contribution in [0.4, 0.5) is 5.69 Å². The number of sulfonamides is 1. The summed E-state index contributed by atoms with van der Waals surface area (Å²) >= 11 is 0. The number of rotatable bonds is 5. The maximum atomic E-state index is 12.9. The van der Waals surface area contributed by atoms with Gasteiger partial charge in [-0.05, 0) is 42.5 Å². The standard InChI is InChI=1S/C19H21N3O6S3/c1-29(23,24)17-7-8-18(19(13-17)30(2,25)26)21-9-11-22(12-10-21)31(27,28)16-5-3-15(14-20)4-6-16/h3-8,13H,9-12H2,1-2H3. The first-order valence-corrected chi connectivity index (χ1v) is 14.4. The third-order valence-electron chi connectivity index (χ3n) is 4.96. The maximum absolute atomic E-state index is 12.9. The van der Waals surface area contributed by atoms with E-state index in [9.17, 15) is 25.3 Å². The molecule has 1 saturated heterocycles. The minimum absolute atomic E-state index is 0.0780. The van der Waals surface area contributed by atoms with Gasteiger partial charge in [-0.1, -0.05) is 0 Å². The van der Waals surface area contributed by atoms with Crippen molar-refractivity contribution >= 4 is 35.4 Å². The number of piperazine rings is 1. The number of nitriles is 1. The first-order chi connectivity index (χ1) is 14.3. The van der Waals surface area contributed by atoms with E-state index in [1.165, 1.54) is 40.7 Å². The van der Waals surface area contributed by atoms with Crippen LogP contribution in [-0.2, 0) is 29.7 Å². The normalized spacial score (nSPS) is 16.1. The minimum atomic E-state index is -3.76. The fourth-order valence-corrected chi connectivity index (χ4v) is 6.37. The number of benzene rings is 2. The second-order valence-corrected chi connectivity index (χ2v) is 13.1. The molecule has 0 saturated carbocycles. The van der Waals surface area contributed by atoms with E-state index >= 15 is 0 Å². The van der Waals surface area contributed by atoms with Gasteiger partial charge >= 0.3 is 0 Å². The summed E-state index contributed by atoms with van der Waals surface area (Å²) in [5.41, 5.74) is 0.694. The van der Waals surface area contributed by atoms with Gasteiger partial charge in [-0.25, -0.2) is 25.3 Å². The molecule has 2 aromatic carbocycles. The third kappa shape index (κ3) is 4.90. The Morgan fingerprint density at radius 3 is 1.81 bits per heavy atom. The lowest BCUT2D eigenvalue weighted by molar-refractivity contribution is 0.384. The van der Waals surface area contributed by atoms with Gasteiger partial charge in [-0.15, -0.1) is 0 Å². The van der Waals surface area contributed by atoms with Crippen molar-refractivity contribution in [2.45, 2.75) is 14.7 Å². The lowest BCUT2D eigenvalue weighted by atomic mass is 10.2. The summed E-state index contributed by atoms with van der Waals surface area (Å²) in [7, 11) is -11.1. The number of sulfone groups is 2. The highest BCUT2D eigenvalue weighted by Crippen LogP contribution is 2.30. The van der Waals surface area contributed by atoms with Crippen LogP contribution in [0.25, 0.3) is 0 Å². The molecular formula is C19H21N3O6S3. The molecule has 1 aliphatic rings. The zero-order valence-corrected chi connectivity index (χ0v) is 19.3. The fraction of sp³-hybridized carbons (Fsp3) is 0.316. The average molecular weight is 484 g/mol. The molecule has 3 rings (SSSR count). The monoisotopic (exact) mass is 483 g/mol. The summed E-state index contributed by atoms with van der Waals surface area (Å²) in [5, 5.41) is 8.87. The van der Waals surface area contributed by atoms with E-state index in [0.29, 0.717) is 11.3 Å². The van der Waals surface area contributed by atoms with Crippen molar-refractivity contribution in [1.29, 1.82) is 5.26 Å². The van der Waals surface area contributed by atoms with Gasteiger partial charge in [0.25, 0.3) is 0 Å². The molecule has 0 atom stereocenters. The highest BCUT2D eigenvalue weighted by molar-refractivity contribution is 7.91. The van der Waals surface area contributed by atoms with Crippen molar-refractivity contribution < 1.29 is 25.3 Å². The van der Waals surface area contributed by atoms with E-state index in [1.807, 2.05) is 6.07 Å². The van der Waals surface area contributed by atoms with Crippen molar-refractivity contribution in [3.05, 3.63) is 48.0 Å². The molecule has 1 fully saturated rings. The molecular weight excluding hydrogens is 462 g/mol. The molecule has 9 nitrogen and oxygen atoms in total. The van der Waals surface area contributed by atoms with Crippen molar-refractivity contribution in [2.24, 2.45) is 0 Å². The zero-order valence-electron chi connectivity index (χ0n) is 16.9. The molecule has 1 aliphatic heterocycles. The van der Waals surface area contributed by atoms with E-state index in [1.54, 1.807) is 4.90 Å². The van der Waals surface area contributed by atoms with Crippen molar-refractivity contribution in [1.82, 2.24) is 4.31 Å². The molecule has 166 valence electrons. The SMILES string of the molecule is CS(=O)(=O)c1ccc(N2CCN(S(=O)(=O)c3ccc(C#N)cc3)CC2)c(S(C)(=O)=O)c1. The van der Waals surface area contributed by atoms with Crippen LogP contribution in [0.1, 0.15) is 5.56 Å². The average Bonchev–Trinajstić information content (AvgIpc) is 2.72. The summed E-state index contributed by atoms with van der Waals surface area (Å²) in [6, 6.07) is 11.5. The van der Waals surface area contributed by atoms with Gasteiger partial charge in [0.2, 0.25) is 10.0 Å². The van der Waals surface area contributed by atoms with E-state index in [4.69, 9.17) is 5.26 Å². The van der Waals surface area contributed by atoms with Crippen LogP contribution in [0.15, 0.2) is 57.2 Å². The molecule has 0 spiro atoms. The quantitative estimate of drug-likeness (QED) is 0.612. The van der Waals surface area contributed by atoms with Gasteiger partial charge in [0.1, 0.15) is 0 Å². The third-order valence-corrected chi connectivity index (χ3v) is 9.11. The lowest BCUT2D eigenvalue weighted by Crippen LogP contribution is -2.49. The molecule has 0 aromatic heterocycles. The van der Waals surface area contributed by atoms with Crippen LogP contribution in [0.3, 0.4) is 0 Å². The van der Waals surface area contributed by atoms with Crippen molar-refractivity contribution in [2.75, 3.05) is 43.6 Å². The topological polar surface area (TPSA) is 133 Å². The fourth-order valence-electron chi connectivity index (χ4n) is 3.30. The largest absolute Gasteiger partial charge is 0.368 e. The highest BCUT2D eigenvalue weighted by Gasteiger charge is 2.30. The van der Waals surface area contributed by atoms with Crippen LogP contribution in [0, 0.1) is 11.3 Å². The summed E-state index contributed by atoms with van der Waals surface area (Å²) in [6.45, 7) is 0.714. The Labute approximate surface area is 182 Å². The molecule has 0 bridgehead atoms. The van der Waals surface area contributed by atoms with Gasteiger partial charge in [-0.3, -0.25) is 0 Å². The molecule has 12 heteroatoms. The van der Waals surface area contributed by atoms with Gasteiger partial charge in [-0.2, -0.15) is 9.57 Å². The van der Waals surface area contributed by atoms with Crippen LogP contribution in [-0.4, -0.2) is 68.2 Å². The Kier molecular flexibility index (Phi) is 6.16. The highest BCUT2D eigenvalue weighted by atomic mass is 32.2. The summed E-state index contributed by atoms with van der Waals surface area (Å²) in [6.07, 6.45) is 2.00. The second-order valence-electron chi connectivity index (χ2n) is 7.20. The van der Waals surface area contributed by atoms with Crippen LogP contribution in [0.5, 0.6) is 0 Å². The van der Waals surface area contributed by atoms with Crippen molar-refractivity contribution in [3.8, 4) is 6.07 Å². The van der Waals surface area contributed by atoms with Crippen LogP contribution >= 0.6 is 0 Å². The van der Waals surface area contributed by atoms with Crippen LogP contribution < -0.4 is 4.90 Å². The molecule has 1 heterocycles. The number of nitrogens with zero attached hydrogens (tertiary/aromatic N) is 3. The van der Waals surface area contributed by atoms with E-state index < -0.39 is 29.7 Å². The Morgan fingerprint density at radius 1 is 0.774 bits per heavy atom. The molecule has 31 heavy (non-hydrogen) atoms. The molecule has 2 aromatic rings. The summed E-state index contributed by atoms with van der Waals surface area (Å²) in [5.74, 6) is 0. The second kappa shape index (κ2) is 8.23. The van der Waals surface area contributed by atoms with Gasteiger partial charge in [0.05, 0.1) is 32.0 Å². The zero-order chi connectivity index (χ0) is 23.0. The van der Waals surface area contributed by atoms with E-state index in [0.717, 1.165) is 18.6 Å². The van der Waals surface area contributed by atoms with Gasteiger partial charge in [0, 0.05) is 38.7 Å². The summed E-state index contributed by atoms with van der Waals surface area (Å²) < 4.78 is 75.3. The summed E-state index contributed by atoms with van der Waals surface area (Å²) in [4.78, 5) is 1.60. The van der Waals surface area contributed by atoms with E-state index in [-0.39, 0.29) is 40.9 Å². The van der Waals surface area contributed by atoms with Crippen LogP contribution in [0.2, 0.25) is 0 Å².